The van der Waals surface area contributed by atoms with Crippen LogP contribution in [-0.2, 0) is 24.7 Å². The fraction of sp³-hybridized carbons (Fsp3) is 0.278. The third kappa shape index (κ3) is 4.64. The predicted octanol–water partition coefficient (Wildman–Crippen LogP) is 1.97. The van der Waals surface area contributed by atoms with Crippen LogP contribution in [0.1, 0.15) is 6.42 Å². The molecule has 0 radical (unpaired) electrons. The van der Waals surface area contributed by atoms with Gasteiger partial charge >= 0.3 is 0 Å². The van der Waals surface area contributed by atoms with E-state index in [0.717, 1.165) is 18.2 Å². The summed E-state index contributed by atoms with van der Waals surface area (Å²) in [6.07, 6.45) is -0.289. The molecule has 7 nitrogen and oxygen atoms in total. The van der Waals surface area contributed by atoms with E-state index in [1.807, 2.05) is 4.72 Å². The van der Waals surface area contributed by atoms with Crippen molar-refractivity contribution in [3.8, 4) is 0 Å². The summed E-state index contributed by atoms with van der Waals surface area (Å²) in [6, 6.07) is 8.35. The van der Waals surface area contributed by atoms with Gasteiger partial charge in [0.1, 0.15) is 16.9 Å². The number of hydrogen-bond donors (Lipinski definition) is 1. The van der Waals surface area contributed by atoms with Crippen molar-refractivity contribution < 1.29 is 30.4 Å². The standard InChI is InChI=1S/C18H17ClF2N2O5S2/c19-12-4-6-13(7-5-12)29(25,26)14-10-23(11-14)17(24)8-9-22-30(27,28)18-15(20)2-1-3-16(18)21/h1-7,14,22H,8-11H2. The lowest BCUT2D eigenvalue weighted by atomic mass is 10.2. The van der Waals surface area contributed by atoms with E-state index in [1.165, 1.54) is 29.2 Å². The van der Waals surface area contributed by atoms with E-state index in [2.05, 4.69) is 0 Å². The molecule has 1 aliphatic rings. The van der Waals surface area contributed by atoms with Gasteiger partial charge in [0.05, 0.1) is 4.90 Å². The Balaban J connectivity index is 1.53. The van der Waals surface area contributed by atoms with E-state index in [1.54, 1.807) is 0 Å². The zero-order valence-corrected chi connectivity index (χ0v) is 17.8. The zero-order chi connectivity index (χ0) is 22.1. The van der Waals surface area contributed by atoms with E-state index in [0.29, 0.717) is 5.02 Å². The van der Waals surface area contributed by atoms with E-state index in [9.17, 15) is 30.4 Å². The SMILES string of the molecule is O=C(CCNS(=O)(=O)c1c(F)cccc1F)N1CC(S(=O)(=O)c2ccc(Cl)cc2)C1. The lowest BCUT2D eigenvalue weighted by molar-refractivity contribution is -0.134. The molecule has 1 amide bonds. The smallest absolute Gasteiger partial charge is 0.246 e. The Morgan fingerprint density at radius 2 is 1.60 bits per heavy atom. The first kappa shape index (κ1) is 22.6. The lowest BCUT2D eigenvalue weighted by Gasteiger charge is -2.38. The summed E-state index contributed by atoms with van der Waals surface area (Å²) in [5.74, 6) is -2.96. The Morgan fingerprint density at radius 3 is 2.17 bits per heavy atom. The summed E-state index contributed by atoms with van der Waals surface area (Å²) >= 11 is 5.75. The van der Waals surface area contributed by atoms with Crippen LogP contribution in [-0.4, -0.2) is 52.5 Å². The Kier molecular flexibility index (Phi) is 6.46. The minimum absolute atomic E-state index is 0.0293. The number of carbonyl (C=O) groups excluding carboxylic acids is 1. The zero-order valence-electron chi connectivity index (χ0n) is 15.4. The maximum Gasteiger partial charge on any atom is 0.246 e. The molecular weight excluding hydrogens is 462 g/mol. The quantitative estimate of drug-likeness (QED) is 0.655. The molecular formula is C18H17ClF2N2O5S2. The van der Waals surface area contributed by atoms with Crippen LogP contribution in [0.25, 0.3) is 0 Å². The highest BCUT2D eigenvalue weighted by Gasteiger charge is 2.40. The maximum atomic E-state index is 13.6. The second kappa shape index (κ2) is 8.58. The molecule has 1 heterocycles. The largest absolute Gasteiger partial charge is 0.340 e. The highest BCUT2D eigenvalue weighted by atomic mass is 35.5. The van der Waals surface area contributed by atoms with Gasteiger partial charge in [0, 0.05) is 31.1 Å². The van der Waals surface area contributed by atoms with Crippen molar-refractivity contribution in [1.82, 2.24) is 9.62 Å². The average molecular weight is 479 g/mol. The summed E-state index contributed by atoms with van der Waals surface area (Å²) in [6.45, 7) is -0.447. The molecule has 1 aliphatic heterocycles. The molecule has 0 unspecified atom stereocenters. The molecule has 1 N–H and O–H groups in total. The molecule has 1 saturated heterocycles. The molecule has 0 spiro atoms. The molecule has 12 heteroatoms. The Bertz CT molecular complexity index is 1150. The Labute approximate surface area is 177 Å². The molecule has 162 valence electrons. The van der Waals surface area contributed by atoms with Crippen molar-refractivity contribution in [3.05, 3.63) is 59.1 Å². The third-order valence-corrected chi connectivity index (χ3v) is 8.47. The van der Waals surface area contributed by atoms with E-state index < -0.39 is 47.5 Å². The summed E-state index contributed by atoms with van der Waals surface area (Å²) < 4.78 is 78.4. The second-order valence-electron chi connectivity index (χ2n) is 6.62. The average Bonchev–Trinajstić information content (AvgIpc) is 2.60. The number of carbonyl (C=O) groups is 1. The number of amides is 1. The first-order valence-electron chi connectivity index (χ1n) is 8.73. The minimum Gasteiger partial charge on any atom is -0.340 e. The molecule has 3 rings (SSSR count). The summed E-state index contributed by atoms with van der Waals surface area (Å²) in [7, 11) is -8.10. The maximum absolute atomic E-state index is 13.6. The van der Waals surface area contributed by atoms with Crippen LogP contribution in [0.4, 0.5) is 8.78 Å². The van der Waals surface area contributed by atoms with E-state index >= 15 is 0 Å². The van der Waals surface area contributed by atoms with Crippen molar-refractivity contribution in [2.75, 3.05) is 19.6 Å². The van der Waals surface area contributed by atoms with E-state index in [-0.39, 0.29) is 31.0 Å². The number of hydrogen-bond acceptors (Lipinski definition) is 5. The summed E-state index contributed by atoms with van der Waals surface area (Å²) in [5, 5.41) is -0.371. The van der Waals surface area contributed by atoms with Gasteiger partial charge in [0.2, 0.25) is 15.9 Å². The fourth-order valence-electron chi connectivity index (χ4n) is 2.92. The number of rotatable bonds is 7. The first-order valence-corrected chi connectivity index (χ1v) is 12.1. The van der Waals surface area contributed by atoms with Gasteiger partial charge in [-0.15, -0.1) is 0 Å². The fourth-order valence-corrected chi connectivity index (χ4v) is 5.86. The van der Waals surface area contributed by atoms with Crippen molar-refractivity contribution in [2.45, 2.75) is 21.5 Å². The number of halogens is 3. The molecule has 0 bridgehead atoms. The number of likely N-dealkylation sites (tertiary alicyclic amines) is 1. The molecule has 0 aliphatic carbocycles. The van der Waals surface area contributed by atoms with Gasteiger partial charge in [-0.05, 0) is 36.4 Å². The molecule has 0 aromatic heterocycles. The lowest BCUT2D eigenvalue weighted by Crippen LogP contribution is -2.57. The third-order valence-electron chi connectivity index (χ3n) is 4.60. The Hall–Kier alpha value is -2.08. The minimum atomic E-state index is -4.48. The van der Waals surface area contributed by atoms with Gasteiger partial charge in [-0.3, -0.25) is 4.79 Å². The highest BCUT2D eigenvalue weighted by Crippen LogP contribution is 2.25. The van der Waals surface area contributed by atoms with Crippen molar-refractivity contribution >= 4 is 37.4 Å². The molecule has 30 heavy (non-hydrogen) atoms. The number of sulfonamides is 1. The number of benzene rings is 2. The van der Waals surface area contributed by atoms with Gasteiger partial charge in [-0.1, -0.05) is 17.7 Å². The molecule has 0 saturated carbocycles. The van der Waals surface area contributed by atoms with Gasteiger partial charge in [0.15, 0.2) is 14.7 Å². The molecule has 1 fully saturated rings. The van der Waals surface area contributed by atoms with Crippen LogP contribution in [0.3, 0.4) is 0 Å². The van der Waals surface area contributed by atoms with Crippen LogP contribution in [0.5, 0.6) is 0 Å². The van der Waals surface area contributed by atoms with Gasteiger partial charge in [0.25, 0.3) is 0 Å². The van der Waals surface area contributed by atoms with Crippen LogP contribution in [0.15, 0.2) is 52.3 Å². The van der Waals surface area contributed by atoms with Gasteiger partial charge in [-0.2, -0.15) is 0 Å². The Morgan fingerprint density at radius 1 is 1.03 bits per heavy atom. The predicted molar refractivity (Wildman–Crippen MR) is 105 cm³/mol. The summed E-state index contributed by atoms with van der Waals surface area (Å²) in [5.41, 5.74) is 0. The first-order chi connectivity index (χ1) is 14.0. The molecule has 2 aromatic rings. The van der Waals surface area contributed by atoms with Crippen molar-refractivity contribution in [1.29, 1.82) is 0 Å². The van der Waals surface area contributed by atoms with Crippen LogP contribution >= 0.6 is 11.6 Å². The second-order valence-corrected chi connectivity index (χ2v) is 11.0. The van der Waals surface area contributed by atoms with Crippen molar-refractivity contribution in [3.63, 3.8) is 0 Å². The van der Waals surface area contributed by atoms with Gasteiger partial charge in [-0.25, -0.2) is 30.3 Å². The van der Waals surface area contributed by atoms with Crippen LogP contribution in [0, 0.1) is 11.6 Å². The number of nitrogens with one attached hydrogen (secondary N) is 1. The normalized spacial score (nSPS) is 15.1. The molecule has 0 atom stereocenters. The van der Waals surface area contributed by atoms with E-state index in [4.69, 9.17) is 11.6 Å². The van der Waals surface area contributed by atoms with Crippen molar-refractivity contribution in [2.24, 2.45) is 0 Å². The van der Waals surface area contributed by atoms with Gasteiger partial charge < -0.3 is 4.90 Å². The highest BCUT2D eigenvalue weighted by molar-refractivity contribution is 7.92. The number of nitrogens with zero attached hydrogens (tertiary/aromatic N) is 1. The monoisotopic (exact) mass is 478 g/mol. The number of sulfone groups is 1. The van der Waals surface area contributed by atoms with Crippen LogP contribution in [0.2, 0.25) is 5.02 Å². The van der Waals surface area contributed by atoms with Crippen LogP contribution < -0.4 is 4.72 Å². The topological polar surface area (TPSA) is 101 Å². The summed E-state index contributed by atoms with van der Waals surface area (Å²) in [4.78, 5) is 12.4. The molecule has 2 aromatic carbocycles.